The Morgan fingerprint density at radius 2 is 1.76 bits per heavy atom. The van der Waals surface area contributed by atoms with E-state index in [2.05, 4.69) is 41.3 Å². The number of hydrogen-bond acceptors (Lipinski definition) is 4. The van der Waals surface area contributed by atoms with E-state index in [1.165, 1.54) is 25.7 Å². The third-order valence-corrected chi connectivity index (χ3v) is 10.4. The summed E-state index contributed by atoms with van der Waals surface area (Å²) < 4.78 is 0. The van der Waals surface area contributed by atoms with Crippen molar-refractivity contribution in [1.82, 2.24) is 20.4 Å². The molecule has 0 spiro atoms. The molecule has 10 atom stereocenters. The molecule has 6 heteroatoms. The van der Waals surface area contributed by atoms with Gasteiger partial charge < -0.3 is 20.4 Å². The molecule has 0 radical (unpaired) electrons. The van der Waals surface area contributed by atoms with Gasteiger partial charge in [-0.1, -0.05) is 19.8 Å². The molecule has 186 valence electrons. The number of nitrogens with zero attached hydrogens (tertiary/aromatic N) is 2. The van der Waals surface area contributed by atoms with Crippen LogP contribution in [0.3, 0.4) is 0 Å². The second kappa shape index (κ2) is 9.49. The first-order valence-corrected chi connectivity index (χ1v) is 13.8. The normalized spacial score (nSPS) is 46.5. The second-order valence-electron chi connectivity index (χ2n) is 12.4. The molecule has 10 unspecified atom stereocenters. The molecule has 6 nitrogen and oxygen atoms in total. The highest BCUT2D eigenvalue weighted by atomic mass is 16.2. The molecule has 2 aliphatic carbocycles. The molecule has 5 rings (SSSR count). The van der Waals surface area contributed by atoms with Crippen molar-refractivity contribution in [1.29, 1.82) is 0 Å². The summed E-state index contributed by atoms with van der Waals surface area (Å²) in [5, 5.41) is 7.13. The molecule has 2 N–H and O–H groups in total. The Morgan fingerprint density at radius 1 is 0.970 bits per heavy atom. The molecule has 0 bridgehead atoms. The van der Waals surface area contributed by atoms with E-state index >= 15 is 0 Å². The van der Waals surface area contributed by atoms with Gasteiger partial charge in [0, 0.05) is 50.2 Å². The summed E-state index contributed by atoms with van der Waals surface area (Å²) in [6.45, 7) is 6.50. The van der Waals surface area contributed by atoms with Gasteiger partial charge >= 0.3 is 0 Å². The van der Waals surface area contributed by atoms with Gasteiger partial charge in [0.15, 0.2) is 0 Å². The van der Waals surface area contributed by atoms with Crippen LogP contribution in [0, 0.1) is 35.5 Å². The highest BCUT2D eigenvalue weighted by Crippen LogP contribution is 2.44. The molecule has 0 aromatic rings. The van der Waals surface area contributed by atoms with E-state index in [0.29, 0.717) is 47.7 Å². The zero-order chi connectivity index (χ0) is 23.3. The fourth-order valence-electron chi connectivity index (χ4n) is 8.42. The standard InChI is InChI=1S/C27H46N4O2/c1-16-9-10-19(29-26(32)23-15-30(3)24-8-6-5-7-20(23)24)13-21(16)22-12-18-14-28-17(2)11-25(18)31(4)27(22)33/h16-25,28H,5-15H2,1-4H3,(H,29,32). The third-order valence-electron chi connectivity index (χ3n) is 10.4. The fourth-order valence-corrected chi connectivity index (χ4v) is 8.42. The highest BCUT2D eigenvalue weighted by Gasteiger charge is 2.48. The molecule has 5 aliphatic rings. The minimum absolute atomic E-state index is 0.112. The van der Waals surface area contributed by atoms with Crippen LogP contribution in [-0.4, -0.2) is 73.0 Å². The molecule has 33 heavy (non-hydrogen) atoms. The molecule has 0 aromatic heterocycles. The fraction of sp³-hybridized carbons (Fsp3) is 0.926. The summed E-state index contributed by atoms with van der Waals surface area (Å²) in [7, 11) is 4.24. The minimum Gasteiger partial charge on any atom is -0.353 e. The van der Waals surface area contributed by atoms with Crippen molar-refractivity contribution in [3.63, 3.8) is 0 Å². The first-order chi connectivity index (χ1) is 15.8. The Morgan fingerprint density at radius 3 is 2.58 bits per heavy atom. The SMILES string of the molecule is CC1CC2C(CN1)CC(C1CC(NC(=O)C3CN(C)C4CCCCC34)CCC1C)C(=O)N2C. The summed E-state index contributed by atoms with van der Waals surface area (Å²) in [5.74, 6) is 2.94. The Hall–Kier alpha value is -1.14. The molecule has 3 heterocycles. The van der Waals surface area contributed by atoms with Gasteiger partial charge in [-0.15, -0.1) is 0 Å². The molecule has 2 saturated carbocycles. The maximum absolute atomic E-state index is 13.5. The molecule has 2 amide bonds. The Balaban J connectivity index is 1.23. The number of fused-ring (bicyclic) bond motifs is 2. The third kappa shape index (κ3) is 4.47. The molecular weight excluding hydrogens is 412 g/mol. The Bertz CT molecular complexity index is 744. The van der Waals surface area contributed by atoms with E-state index in [1.54, 1.807) is 0 Å². The van der Waals surface area contributed by atoms with Crippen molar-refractivity contribution in [3.05, 3.63) is 0 Å². The van der Waals surface area contributed by atoms with Crippen molar-refractivity contribution in [3.8, 4) is 0 Å². The summed E-state index contributed by atoms with van der Waals surface area (Å²) >= 11 is 0. The predicted octanol–water partition coefficient (Wildman–Crippen LogP) is 2.87. The lowest BCUT2D eigenvalue weighted by atomic mass is 9.65. The smallest absolute Gasteiger partial charge is 0.225 e. The number of amides is 2. The predicted molar refractivity (Wildman–Crippen MR) is 131 cm³/mol. The average Bonchev–Trinajstić information content (AvgIpc) is 3.15. The summed E-state index contributed by atoms with van der Waals surface area (Å²) in [6.07, 6.45) is 10.3. The zero-order valence-corrected chi connectivity index (χ0v) is 21.3. The van der Waals surface area contributed by atoms with Gasteiger partial charge in [0.1, 0.15) is 0 Å². The quantitative estimate of drug-likeness (QED) is 0.683. The van der Waals surface area contributed by atoms with E-state index in [1.807, 2.05) is 7.05 Å². The maximum atomic E-state index is 13.5. The van der Waals surface area contributed by atoms with E-state index in [9.17, 15) is 9.59 Å². The van der Waals surface area contributed by atoms with Gasteiger partial charge in [-0.2, -0.15) is 0 Å². The van der Waals surface area contributed by atoms with Gasteiger partial charge in [0.25, 0.3) is 0 Å². The zero-order valence-electron chi connectivity index (χ0n) is 21.3. The largest absolute Gasteiger partial charge is 0.353 e. The Labute approximate surface area is 200 Å². The van der Waals surface area contributed by atoms with Crippen molar-refractivity contribution in [2.75, 3.05) is 27.2 Å². The van der Waals surface area contributed by atoms with Gasteiger partial charge in [-0.25, -0.2) is 0 Å². The molecule has 3 aliphatic heterocycles. The van der Waals surface area contributed by atoms with E-state index in [4.69, 9.17) is 0 Å². The van der Waals surface area contributed by atoms with Crippen LogP contribution in [0.2, 0.25) is 0 Å². The van der Waals surface area contributed by atoms with Crippen molar-refractivity contribution < 1.29 is 9.59 Å². The molecule has 3 saturated heterocycles. The lowest BCUT2D eigenvalue weighted by Crippen LogP contribution is -2.60. The van der Waals surface area contributed by atoms with Crippen LogP contribution in [0.25, 0.3) is 0 Å². The number of likely N-dealkylation sites (tertiary alicyclic amines) is 2. The van der Waals surface area contributed by atoms with Gasteiger partial charge in [0.05, 0.1) is 5.92 Å². The van der Waals surface area contributed by atoms with E-state index in [-0.39, 0.29) is 23.8 Å². The van der Waals surface area contributed by atoms with Crippen molar-refractivity contribution >= 4 is 11.8 Å². The minimum atomic E-state index is 0.112. The van der Waals surface area contributed by atoms with E-state index < -0.39 is 0 Å². The monoisotopic (exact) mass is 458 g/mol. The van der Waals surface area contributed by atoms with Crippen LogP contribution in [0.5, 0.6) is 0 Å². The summed E-state index contributed by atoms with van der Waals surface area (Å²) in [6, 6.07) is 1.71. The first kappa shape index (κ1) is 23.6. The number of carbonyl (C=O) groups is 2. The number of nitrogens with one attached hydrogen (secondary N) is 2. The van der Waals surface area contributed by atoms with E-state index in [0.717, 1.165) is 45.2 Å². The first-order valence-electron chi connectivity index (χ1n) is 13.8. The van der Waals surface area contributed by atoms with Crippen LogP contribution in [0.1, 0.15) is 71.6 Å². The molecule has 5 fully saturated rings. The topological polar surface area (TPSA) is 64.7 Å². The van der Waals surface area contributed by atoms with Gasteiger partial charge in [-0.05, 0) is 82.6 Å². The van der Waals surface area contributed by atoms with Gasteiger partial charge in [0.2, 0.25) is 11.8 Å². The Kier molecular flexibility index (Phi) is 6.78. The average molecular weight is 459 g/mol. The van der Waals surface area contributed by atoms with Crippen LogP contribution in [0.15, 0.2) is 0 Å². The number of carbonyl (C=O) groups excluding carboxylic acids is 2. The van der Waals surface area contributed by atoms with Crippen LogP contribution in [0.4, 0.5) is 0 Å². The number of hydrogen-bond donors (Lipinski definition) is 2. The van der Waals surface area contributed by atoms with Crippen LogP contribution >= 0.6 is 0 Å². The van der Waals surface area contributed by atoms with Crippen LogP contribution in [-0.2, 0) is 9.59 Å². The maximum Gasteiger partial charge on any atom is 0.225 e. The molecular formula is C27H46N4O2. The number of piperidine rings is 2. The van der Waals surface area contributed by atoms with Crippen LogP contribution < -0.4 is 10.6 Å². The molecule has 0 aromatic carbocycles. The highest BCUT2D eigenvalue weighted by molar-refractivity contribution is 5.81. The lowest BCUT2D eigenvalue weighted by Gasteiger charge is -2.50. The van der Waals surface area contributed by atoms with Crippen molar-refractivity contribution in [2.45, 2.75) is 95.8 Å². The summed E-state index contributed by atoms with van der Waals surface area (Å²) in [5.41, 5.74) is 0. The number of rotatable bonds is 3. The second-order valence-corrected chi connectivity index (χ2v) is 12.4. The van der Waals surface area contributed by atoms with Gasteiger partial charge in [-0.3, -0.25) is 9.59 Å². The van der Waals surface area contributed by atoms with Crippen molar-refractivity contribution in [2.24, 2.45) is 35.5 Å². The summed E-state index contributed by atoms with van der Waals surface area (Å²) in [4.78, 5) is 31.4. The lowest BCUT2D eigenvalue weighted by molar-refractivity contribution is -0.148.